The van der Waals surface area contributed by atoms with Crippen molar-refractivity contribution in [2.24, 2.45) is 0 Å². The number of nitro groups is 1. The average molecular weight is 379 g/mol. The summed E-state index contributed by atoms with van der Waals surface area (Å²) in [6, 6.07) is 11.7. The van der Waals surface area contributed by atoms with Crippen LogP contribution in [0.15, 0.2) is 54.9 Å². The van der Waals surface area contributed by atoms with Crippen LogP contribution in [0.25, 0.3) is 22.6 Å². The minimum Gasteiger partial charge on any atom is -0.490 e. The van der Waals surface area contributed by atoms with E-state index in [-0.39, 0.29) is 11.4 Å². The zero-order valence-corrected chi connectivity index (χ0v) is 14.9. The van der Waals surface area contributed by atoms with Gasteiger partial charge in [0.15, 0.2) is 11.4 Å². The largest absolute Gasteiger partial charge is 0.490 e. The minimum absolute atomic E-state index is 0.0987. The fourth-order valence-corrected chi connectivity index (χ4v) is 2.39. The number of benzene rings is 1. The van der Waals surface area contributed by atoms with Gasteiger partial charge < -0.3 is 21.2 Å². The first kappa shape index (κ1) is 18.6. The van der Waals surface area contributed by atoms with Crippen LogP contribution in [0, 0.1) is 10.1 Å². The van der Waals surface area contributed by atoms with Crippen molar-refractivity contribution < 1.29 is 9.66 Å². The predicted molar refractivity (Wildman–Crippen MR) is 106 cm³/mol. The molecule has 0 saturated heterocycles. The number of aromatic amines is 1. The van der Waals surface area contributed by atoms with E-state index in [0.29, 0.717) is 34.1 Å². The van der Waals surface area contributed by atoms with Gasteiger partial charge in [-0.2, -0.15) is 0 Å². The number of nitrogens with one attached hydrogen (secondary N) is 1. The van der Waals surface area contributed by atoms with E-state index in [4.69, 9.17) is 16.2 Å². The van der Waals surface area contributed by atoms with Crippen LogP contribution in [0.2, 0.25) is 0 Å². The Morgan fingerprint density at radius 1 is 1.11 bits per heavy atom. The second-order valence-corrected chi connectivity index (χ2v) is 5.58. The zero-order valence-electron chi connectivity index (χ0n) is 14.9. The summed E-state index contributed by atoms with van der Waals surface area (Å²) < 4.78 is 4.97. The molecule has 0 bridgehead atoms. The average Bonchev–Trinajstić information content (AvgIpc) is 3.14. The van der Waals surface area contributed by atoms with Crippen LogP contribution in [0.4, 0.5) is 17.2 Å². The molecule has 142 valence electrons. The monoisotopic (exact) mass is 379 g/mol. The molecule has 0 spiro atoms. The van der Waals surface area contributed by atoms with Crippen molar-refractivity contribution in [2.45, 2.75) is 0 Å². The van der Waals surface area contributed by atoms with E-state index in [9.17, 15) is 10.1 Å². The third-order valence-corrected chi connectivity index (χ3v) is 3.78. The summed E-state index contributed by atoms with van der Waals surface area (Å²) in [6.45, 7) is 0. The molecule has 10 heteroatoms. The summed E-state index contributed by atoms with van der Waals surface area (Å²) in [5.74, 6) is 1.14. The molecule has 0 fully saturated rings. The molecule has 0 atom stereocenters. The van der Waals surface area contributed by atoms with Gasteiger partial charge in [-0.3, -0.25) is 10.1 Å². The smallest absolute Gasteiger partial charge is 0.311 e. The van der Waals surface area contributed by atoms with E-state index in [1.165, 1.54) is 13.2 Å². The number of anilines is 2. The van der Waals surface area contributed by atoms with Crippen LogP contribution in [0.5, 0.6) is 5.75 Å². The third kappa shape index (κ3) is 3.96. The van der Waals surface area contributed by atoms with E-state index in [1.54, 1.807) is 42.7 Å². The molecule has 10 nitrogen and oxygen atoms in total. The summed E-state index contributed by atoms with van der Waals surface area (Å²) in [6.07, 6.45) is 3.26. The zero-order chi connectivity index (χ0) is 20.1. The fraction of sp³-hybridized carbons (Fsp3) is 0.0556. The van der Waals surface area contributed by atoms with Gasteiger partial charge in [-0.1, -0.05) is 0 Å². The summed E-state index contributed by atoms with van der Waals surface area (Å²) >= 11 is 0. The predicted octanol–water partition coefficient (Wildman–Crippen LogP) is 2.79. The lowest BCUT2D eigenvalue weighted by Gasteiger charge is -2.02. The maximum Gasteiger partial charge on any atom is 0.311 e. The van der Waals surface area contributed by atoms with E-state index < -0.39 is 4.92 Å². The molecule has 3 aromatic heterocycles. The van der Waals surface area contributed by atoms with E-state index in [1.807, 2.05) is 6.07 Å². The molecular formula is C18H17N7O3. The van der Waals surface area contributed by atoms with Crippen LogP contribution in [0.3, 0.4) is 0 Å². The Morgan fingerprint density at radius 3 is 2.46 bits per heavy atom. The highest BCUT2D eigenvalue weighted by atomic mass is 16.6. The molecule has 0 aliphatic rings. The highest BCUT2D eigenvalue weighted by Crippen LogP contribution is 2.31. The summed E-state index contributed by atoms with van der Waals surface area (Å²) in [7, 11) is 1.40. The van der Waals surface area contributed by atoms with Crippen LogP contribution in [-0.2, 0) is 0 Å². The van der Waals surface area contributed by atoms with E-state index >= 15 is 0 Å². The number of aromatic nitrogens is 4. The number of nitro benzene ring substituents is 1. The lowest BCUT2D eigenvalue weighted by atomic mass is 10.2. The van der Waals surface area contributed by atoms with Crippen LogP contribution >= 0.6 is 0 Å². The van der Waals surface area contributed by atoms with Gasteiger partial charge in [-0.05, 0) is 36.4 Å². The Kier molecular flexibility index (Phi) is 5.30. The van der Waals surface area contributed by atoms with E-state index in [0.717, 1.165) is 0 Å². The van der Waals surface area contributed by atoms with Gasteiger partial charge in [-0.15, -0.1) is 0 Å². The number of ether oxygens (including phenoxy) is 1. The maximum atomic E-state index is 11.0. The third-order valence-electron chi connectivity index (χ3n) is 3.78. The van der Waals surface area contributed by atoms with Gasteiger partial charge >= 0.3 is 5.69 Å². The molecule has 1 aromatic carbocycles. The lowest BCUT2D eigenvalue weighted by molar-refractivity contribution is -0.385. The number of methoxy groups -OCH3 is 1. The van der Waals surface area contributed by atoms with Crippen LogP contribution < -0.4 is 16.2 Å². The highest BCUT2D eigenvalue weighted by molar-refractivity contribution is 5.76. The number of fused-ring (bicyclic) bond motifs is 1. The molecule has 0 unspecified atom stereocenters. The first-order chi connectivity index (χ1) is 13.5. The number of hydrogen-bond acceptors (Lipinski definition) is 8. The van der Waals surface area contributed by atoms with Gasteiger partial charge in [0.05, 0.1) is 17.7 Å². The molecule has 0 radical (unpaired) electrons. The van der Waals surface area contributed by atoms with Gasteiger partial charge in [0.2, 0.25) is 0 Å². The summed E-state index contributed by atoms with van der Waals surface area (Å²) in [5.41, 5.74) is 13.0. The van der Waals surface area contributed by atoms with Crippen molar-refractivity contribution in [3.05, 3.63) is 65.0 Å². The number of pyridine rings is 2. The maximum absolute atomic E-state index is 11.0. The Labute approximate surface area is 159 Å². The molecule has 5 N–H and O–H groups in total. The Balaban J connectivity index is 0.000000236. The molecule has 0 amide bonds. The van der Waals surface area contributed by atoms with Gasteiger partial charge in [0, 0.05) is 24.0 Å². The number of H-pyrrole nitrogens is 1. The van der Waals surface area contributed by atoms with Crippen LogP contribution in [0.1, 0.15) is 0 Å². The topological polar surface area (TPSA) is 159 Å². The number of nitrogen functional groups attached to an aromatic ring is 2. The first-order valence-electron chi connectivity index (χ1n) is 8.09. The second kappa shape index (κ2) is 7.99. The van der Waals surface area contributed by atoms with Crippen molar-refractivity contribution in [2.75, 3.05) is 18.6 Å². The lowest BCUT2D eigenvalue weighted by Crippen LogP contribution is -1.95. The Hall–Kier alpha value is -4.21. The number of hydrogen-bond donors (Lipinski definition) is 3. The standard InChI is InChI=1S/C13H10N4O3.C5H7N3/c1-20-11-5-4-8(7-10(11)17(18)19)12-15-9-3-2-6-14-13(9)16-12;6-4-2-1-3-8-5(4)7/h2-7H,1H3,(H,14,15,16);1-3H,6H2,(H2,7,8). The van der Waals surface area contributed by atoms with Crippen molar-refractivity contribution in [1.82, 2.24) is 19.9 Å². The fourth-order valence-electron chi connectivity index (χ4n) is 2.39. The number of rotatable bonds is 3. The molecular weight excluding hydrogens is 362 g/mol. The number of nitrogens with two attached hydrogens (primary N) is 2. The quantitative estimate of drug-likeness (QED) is 0.362. The van der Waals surface area contributed by atoms with Gasteiger partial charge in [0.25, 0.3) is 0 Å². The summed E-state index contributed by atoms with van der Waals surface area (Å²) in [5, 5.41) is 11.0. The highest BCUT2D eigenvalue weighted by Gasteiger charge is 2.17. The number of imidazole rings is 1. The molecule has 4 rings (SSSR count). The van der Waals surface area contributed by atoms with Crippen molar-refractivity contribution in [3.63, 3.8) is 0 Å². The molecule has 28 heavy (non-hydrogen) atoms. The normalized spacial score (nSPS) is 10.2. The van der Waals surface area contributed by atoms with Gasteiger partial charge in [0.1, 0.15) is 17.2 Å². The minimum atomic E-state index is -0.483. The van der Waals surface area contributed by atoms with E-state index in [2.05, 4.69) is 19.9 Å². The first-order valence-corrected chi connectivity index (χ1v) is 8.09. The summed E-state index contributed by atoms with van der Waals surface area (Å²) in [4.78, 5) is 25.8. The molecule has 0 aliphatic heterocycles. The van der Waals surface area contributed by atoms with Crippen molar-refractivity contribution in [3.8, 4) is 17.1 Å². The Morgan fingerprint density at radius 2 is 1.86 bits per heavy atom. The molecule has 3 heterocycles. The SMILES string of the molecule is COc1ccc(-c2nc3cccnc3[nH]2)cc1[N+](=O)[O-].Nc1cccnc1N. The Bertz CT molecular complexity index is 1070. The van der Waals surface area contributed by atoms with Gasteiger partial charge in [-0.25, -0.2) is 15.0 Å². The molecule has 0 aliphatic carbocycles. The van der Waals surface area contributed by atoms with Crippen molar-refractivity contribution >= 4 is 28.4 Å². The molecule has 0 saturated carbocycles. The second-order valence-electron chi connectivity index (χ2n) is 5.58. The molecule has 4 aromatic rings. The van der Waals surface area contributed by atoms with Crippen LogP contribution in [-0.4, -0.2) is 32.0 Å². The number of nitrogens with zero attached hydrogens (tertiary/aromatic N) is 4. The van der Waals surface area contributed by atoms with Crippen molar-refractivity contribution in [1.29, 1.82) is 0 Å².